The Kier molecular flexibility index (Phi) is 2.00. The molecule has 0 N–H and O–H groups in total. The van der Waals surface area contributed by atoms with Crippen molar-refractivity contribution in [2.75, 3.05) is 0 Å². The number of allylic oxidation sites excluding steroid dienone is 2. The van der Waals surface area contributed by atoms with Gasteiger partial charge in [-0.15, -0.1) is 0 Å². The van der Waals surface area contributed by atoms with Crippen LogP contribution in [0.5, 0.6) is 0 Å². The molecular weight excluding hydrogens is 168 g/mol. The van der Waals surface area contributed by atoms with Crippen molar-refractivity contribution >= 4 is 0 Å². The Morgan fingerprint density at radius 1 is 0.857 bits per heavy atom. The van der Waals surface area contributed by atoms with Crippen LogP contribution in [0.3, 0.4) is 0 Å². The normalized spacial score (nSPS) is 54.1. The summed E-state index contributed by atoms with van der Waals surface area (Å²) >= 11 is 0. The van der Waals surface area contributed by atoms with E-state index in [1.807, 2.05) is 0 Å². The van der Waals surface area contributed by atoms with Crippen LogP contribution < -0.4 is 0 Å². The first-order chi connectivity index (χ1) is 6.85. The fraction of sp³-hybridized carbons (Fsp3) is 0.857. The molecule has 78 valence electrons. The van der Waals surface area contributed by atoms with Crippen LogP contribution in [-0.2, 0) is 0 Å². The lowest BCUT2D eigenvalue weighted by atomic mass is 9.78. The van der Waals surface area contributed by atoms with Crippen molar-refractivity contribution in [3.8, 4) is 0 Å². The van der Waals surface area contributed by atoms with Gasteiger partial charge in [-0.3, -0.25) is 0 Å². The molecule has 2 fully saturated rings. The summed E-state index contributed by atoms with van der Waals surface area (Å²) in [5.74, 6) is 6.24. The molecular formula is C14H22. The molecule has 0 nitrogen and oxygen atoms in total. The van der Waals surface area contributed by atoms with Gasteiger partial charge in [0, 0.05) is 0 Å². The first kappa shape index (κ1) is 9.00. The maximum atomic E-state index is 2.53. The van der Waals surface area contributed by atoms with Crippen molar-refractivity contribution < 1.29 is 0 Å². The molecule has 0 aliphatic heterocycles. The summed E-state index contributed by atoms with van der Waals surface area (Å²) < 4.78 is 0. The lowest BCUT2D eigenvalue weighted by molar-refractivity contribution is 0.257. The number of hydrogen-bond acceptors (Lipinski definition) is 0. The Morgan fingerprint density at radius 3 is 1.79 bits per heavy atom. The summed E-state index contributed by atoms with van der Waals surface area (Å²) in [6.45, 7) is 4.80. The fourth-order valence-electron chi connectivity index (χ4n) is 4.81. The lowest BCUT2D eigenvalue weighted by Crippen LogP contribution is -2.21. The van der Waals surface area contributed by atoms with Gasteiger partial charge in [0.15, 0.2) is 0 Å². The predicted octanol–water partition coefficient (Wildman–Crippen LogP) is 3.88. The molecule has 0 heterocycles. The van der Waals surface area contributed by atoms with Gasteiger partial charge in [-0.25, -0.2) is 0 Å². The van der Waals surface area contributed by atoms with Crippen molar-refractivity contribution in [2.24, 2.45) is 35.5 Å². The molecule has 3 rings (SSSR count). The van der Waals surface area contributed by atoms with Gasteiger partial charge in [0.05, 0.1) is 0 Å². The van der Waals surface area contributed by atoms with Gasteiger partial charge in [0.25, 0.3) is 0 Å². The molecule has 3 aliphatic rings. The van der Waals surface area contributed by atoms with Crippen LogP contribution >= 0.6 is 0 Å². The summed E-state index contributed by atoms with van der Waals surface area (Å²) in [4.78, 5) is 0. The van der Waals surface area contributed by atoms with Gasteiger partial charge >= 0.3 is 0 Å². The number of hydrogen-bond donors (Lipinski definition) is 0. The fourth-order valence-corrected chi connectivity index (χ4v) is 4.81. The molecule has 0 aromatic heterocycles. The van der Waals surface area contributed by atoms with Crippen LogP contribution in [0, 0.1) is 35.5 Å². The molecule has 0 aromatic rings. The van der Waals surface area contributed by atoms with Crippen LogP contribution in [0.4, 0.5) is 0 Å². The maximum Gasteiger partial charge on any atom is -0.0194 e. The Morgan fingerprint density at radius 2 is 1.36 bits per heavy atom. The van der Waals surface area contributed by atoms with Gasteiger partial charge in [-0.1, -0.05) is 38.8 Å². The van der Waals surface area contributed by atoms with E-state index >= 15 is 0 Å². The molecule has 6 unspecified atom stereocenters. The second kappa shape index (κ2) is 3.12. The Balaban J connectivity index is 1.89. The van der Waals surface area contributed by atoms with E-state index in [1.54, 1.807) is 0 Å². The molecule has 0 spiro atoms. The zero-order valence-corrected chi connectivity index (χ0v) is 9.45. The van der Waals surface area contributed by atoms with Crippen LogP contribution in [-0.4, -0.2) is 0 Å². The average Bonchev–Trinajstić information content (AvgIpc) is 2.88. The molecule has 2 saturated carbocycles. The Bertz CT molecular complexity index is 229. The van der Waals surface area contributed by atoms with Crippen molar-refractivity contribution in [3.63, 3.8) is 0 Å². The summed E-state index contributed by atoms with van der Waals surface area (Å²) in [5.41, 5.74) is 0. The zero-order valence-electron chi connectivity index (χ0n) is 9.45. The molecule has 0 aromatic carbocycles. The molecule has 14 heavy (non-hydrogen) atoms. The standard InChI is InChI=1S/C14H22/c1-3-9-7-10(4-2)14-12-6-5-11(8-12)13(9)14/h5-6,9-14H,3-4,7-8H2,1-2H3. The minimum Gasteiger partial charge on any atom is -0.0848 e. The summed E-state index contributed by atoms with van der Waals surface area (Å²) in [5, 5.41) is 0. The molecule has 2 bridgehead atoms. The molecule has 6 atom stereocenters. The second-order valence-electron chi connectivity index (χ2n) is 5.68. The van der Waals surface area contributed by atoms with Gasteiger partial charge in [0.1, 0.15) is 0 Å². The Labute approximate surface area is 87.8 Å². The summed E-state index contributed by atoms with van der Waals surface area (Å²) in [6.07, 6.45) is 11.0. The third kappa shape index (κ3) is 1.00. The summed E-state index contributed by atoms with van der Waals surface area (Å²) in [6, 6.07) is 0. The van der Waals surface area contributed by atoms with Crippen molar-refractivity contribution in [1.29, 1.82) is 0 Å². The van der Waals surface area contributed by atoms with Crippen LogP contribution in [0.1, 0.15) is 39.5 Å². The topological polar surface area (TPSA) is 0 Å². The van der Waals surface area contributed by atoms with Crippen molar-refractivity contribution in [2.45, 2.75) is 39.5 Å². The van der Waals surface area contributed by atoms with Crippen molar-refractivity contribution in [3.05, 3.63) is 12.2 Å². The highest BCUT2D eigenvalue weighted by molar-refractivity contribution is 5.17. The summed E-state index contributed by atoms with van der Waals surface area (Å²) in [7, 11) is 0. The predicted molar refractivity (Wildman–Crippen MR) is 59.9 cm³/mol. The van der Waals surface area contributed by atoms with Gasteiger partial charge in [-0.2, -0.15) is 0 Å². The largest absolute Gasteiger partial charge is 0.0848 e. The quantitative estimate of drug-likeness (QED) is 0.580. The number of fused-ring (bicyclic) bond motifs is 5. The monoisotopic (exact) mass is 190 g/mol. The van der Waals surface area contributed by atoms with Crippen molar-refractivity contribution in [1.82, 2.24) is 0 Å². The second-order valence-corrected chi connectivity index (χ2v) is 5.68. The zero-order chi connectivity index (χ0) is 9.71. The van der Waals surface area contributed by atoms with Gasteiger partial charge in [0.2, 0.25) is 0 Å². The van der Waals surface area contributed by atoms with Crippen LogP contribution in [0.15, 0.2) is 12.2 Å². The van der Waals surface area contributed by atoms with E-state index in [1.165, 1.54) is 25.7 Å². The minimum atomic E-state index is 0.978. The lowest BCUT2D eigenvalue weighted by Gasteiger charge is -2.27. The molecule has 0 heteroatoms. The third-order valence-corrected chi connectivity index (χ3v) is 5.33. The minimum absolute atomic E-state index is 0.978. The number of rotatable bonds is 2. The van der Waals surface area contributed by atoms with E-state index in [0.717, 1.165) is 35.5 Å². The van der Waals surface area contributed by atoms with Gasteiger partial charge < -0.3 is 0 Å². The SMILES string of the molecule is CCC1CC(CC)C2C3C=CC(C3)C12. The third-order valence-electron chi connectivity index (χ3n) is 5.33. The maximum absolute atomic E-state index is 2.53. The van der Waals surface area contributed by atoms with Gasteiger partial charge in [-0.05, 0) is 48.3 Å². The first-order valence-corrected chi connectivity index (χ1v) is 6.53. The molecule has 0 saturated heterocycles. The molecule has 3 aliphatic carbocycles. The van der Waals surface area contributed by atoms with Crippen LogP contribution in [0.2, 0.25) is 0 Å². The van der Waals surface area contributed by atoms with E-state index in [9.17, 15) is 0 Å². The van der Waals surface area contributed by atoms with Crippen LogP contribution in [0.25, 0.3) is 0 Å². The highest BCUT2D eigenvalue weighted by Gasteiger charge is 2.53. The molecule has 0 amide bonds. The first-order valence-electron chi connectivity index (χ1n) is 6.53. The average molecular weight is 190 g/mol. The van der Waals surface area contributed by atoms with E-state index in [2.05, 4.69) is 26.0 Å². The van der Waals surface area contributed by atoms with E-state index in [-0.39, 0.29) is 0 Å². The Hall–Kier alpha value is -0.260. The smallest absolute Gasteiger partial charge is 0.0194 e. The highest BCUT2D eigenvalue weighted by Crippen LogP contribution is 2.61. The highest BCUT2D eigenvalue weighted by atomic mass is 14.6. The van der Waals surface area contributed by atoms with E-state index in [0.29, 0.717) is 0 Å². The van der Waals surface area contributed by atoms with E-state index in [4.69, 9.17) is 0 Å². The molecule has 0 radical (unpaired) electrons. The van der Waals surface area contributed by atoms with E-state index < -0.39 is 0 Å².